The van der Waals surface area contributed by atoms with Gasteiger partial charge in [0, 0.05) is 37.0 Å². The van der Waals surface area contributed by atoms with Crippen molar-refractivity contribution in [3.63, 3.8) is 0 Å². The highest BCUT2D eigenvalue weighted by Crippen LogP contribution is 2.41. The summed E-state index contributed by atoms with van der Waals surface area (Å²) in [5.41, 5.74) is 0.0499. The van der Waals surface area contributed by atoms with E-state index in [9.17, 15) is 20.0 Å². The summed E-state index contributed by atoms with van der Waals surface area (Å²) in [5, 5.41) is 24.2. The number of hydrogen-bond donors (Lipinski definition) is 2. The van der Waals surface area contributed by atoms with Crippen molar-refractivity contribution in [3.8, 4) is 0 Å². The Balaban J connectivity index is 2.12. The maximum Gasteiger partial charge on any atom is 0.304 e. The van der Waals surface area contributed by atoms with Crippen LogP contribution < -0.4 is 10.2 Å². The Morgan fingerprint density at radius 2 is 2.19 bits per heavy atom. The van der Waals surface area contributed by atoms with Gasteiger partial charge in [-0.3, -0.25) is 14.9 Å². The second-order valence-corrected chi connectivity index (χ2v) is 6.30. The number of hydrogen-bond acceptors (Lipinski definition) is 6. The lowest BCUT2D eigenvalue weighted by Crippen LogP contribution is -2.44. The molecule has 1 atom stereocenters. The van der Waals surface area contributed by atoms with Crippen LogP contribution in [0.2, 0.25) is 0 Å². The molecule has 1 aromatic heterocycles. The second kappa shape index (κ2) is 6.40. The summed E-state index contributed by atoms with van der Waals surface area (Å²) in [4.78, 5) is 24.4. The number of aliphatic hydroxyl groups is 1. The molecule has 116 valence electrons. The fraction of sp³-hybridized carbons (Fsp3) is 0.615. The van der Waals surface area contributed by atoms with Gasteiger partial charge >= 0.3 is 5.69 Å². The number of thiophene rings is 1. The van der Waals surface area contributed by atoms with Crippen LogP contribution in [-0.4, -0.2) is 35.1 Å². The number of carbonyl (C=O) groups is 1. The third-order valence-corrected chi connectivity index (χ3v) is 4.87. The van der Waals surface area contributed by atoms with Crippen LogP contribution in [-0.2, 0) is 4.79 Å². The van der Waals surface area contributed by atoms with E-state index >= 15 is 0 Å². The Kier molecular flexibility index (Phi) is 4.79. The number of anilines is 1. The summed E-state index contributed by atoms with van der Waals surface area (Å²) in [5.74, 6) is -0.0491. The van der Waals surface area contributed by atoms with Gasteiger partial charge in [-0.2, -0.15) is 0 Å². The summed E-state index contributed by atoms with van der Waals surface area (Å²) < 4.78 is 0. The van der Waals surface area contributed by atoms with Crippen LogP contribution in [0, 0.1) is 10.1 Å². The smallest absolute Gasteiger partial charge is 0.304 e. The van der Waals surface area contributed by atoms with Crippen LogP contribution in [0.25, 0.3) is 0 Å². The minimum Gasteiger partial charge on any atom is -0.388 e. The van der Waals surface area contributed by atoms with Crippen LogP contribution in [0.4, 0.5) is 10.7 Å². The molecule has 1 aliphatic rings. The van der Waals surface area contributed by atoms with E-state index in [2.05, 4.69) is 5.32 Å². The molecule has 0 unspecified atom stereocenters. The fourth-order valence-electron chi connectivity index (χ4n) is 2.47. The van der Waals surface area contributed by atoms with E-state index in [4.69, 9.17) is 0 Å². The first-order valence-corrected chi connectivity index (χ1v) is 7.68. The largest absolute Gasteiger partial charge is 0.388 e. The van der Waals surface area contributed by atoms with Crippen molar-refractivity contribution in [1.82, 2.24) is 5.32 Å². The van der Waals surface area contributed by atoms with E-state index in [1.54, 1.807) is 6.92 Å². The summed E-state index contributed by atoms with van der Waals surface area (Å²) in [6.07, 6.45) is 0.816. The third kappa shape index (κ3) is 3.70. The van der Waals surface area contributed by atoms with Gasteiger partial charge in [0.1, 0.15) is 0 Å². The number of piperidine rings is 1. The maximum atomic E-state index is 11.2. The van der Waals surface area contributed by atoms with Crippen molar-refractivity contribution in [2.24, 2.45) is 0 Å². The molecule has 1 aromatic rings. The highest BCUT2D eigenvalue weighted by atomic mass is 32.1. The molecule has 8 heteroatoms. The predicted octanol–water partition coefficient (Wildman–Crippen LogP) is 1.81. The lowest BCUT2D eigenvalue weighted by Gasteiger charge is -2.32. The second-order valence-electron chi connectivity index (χ2n) is 5.23. The molecule has 0 aromatic carbocycles. The first-order chi connectivity index (χ1) is 9.88. The Morgan fingerprint density at radius 1 is 1.57 bits per heavy atom. The van der Waals surface area contributed by atoms with E-state index in [1.165, 1.54) is 24.3 Å². The first-order valence-electron chi connectivity index (χ1n) is 6.86. The fourth-order valence-corrected chi connectivity index (χ4v) is 3.58. The van der Waals surface area contributed by atoms with E-state index in [0.717, 1.165) is 12.8 Å². The van der Waals surface area contributed by atoms with Crippen molar-refractivity contribution < 1.29 is 14.8 Å². The highest BCUT2D eigenvalue weighted by molar-refractivity contribution is 7.16. The molecule has 2 rings (SSSR count). The molecule has 1 amide bonds. The van der Waals surface area contributed by atoms with Gasteiger partial charge in [0.05, 0.1) is 11.0 Å². The van der Waals surface area contributed by atoms with Crippen LogP contribution in [0.15, 0.2) is 6.07 Å². The van der Waals surface area contributed by atoms with E-state index in [1.807, 2.05) is 4.90 Å². The van der Waals surface area contributed by atoms with Crippen molar-refractivity contribution in [1.29, 1.82) is 0 Å². The van der Waals surface area contributed by atoms with Crippen molar-refractivity contribution in [2.45, 2.75) is 38.8 Å². The van der Waals surface area contributed by atoms with Gasteiger partial charge in [0.15, 0.2) is 5.00 Å². The molecule has 1 aliphatic heterocycles. The lowest BCUT2D eigenvalue weighted by atomic mass is 10.1. The molecule has 2 N–H and O–H groups in total. The van der Waals surface area contributed by atoms with Gasteiger partial charge in [-0.25, -0.2) is 0 Å². The quantitative estimate of drug-likeness (QED) is 0.653. The molecule has 2 heterocycles. The Hall–Kier alpha value is -1.67. The molecule has 1 fully saturated rings. The molecule has 7 nitrogen and oxygen atoms in total. The van der Waals surface area contributed by atoms with Crippen LogP contribution in [0.5, 0.6) is 0 Å². The molecule has 21 heavy (non-hydrogen) atoms. The van der Waals surface area contributed by atoms with E-state index in [-0.39, 0.29) is 17.6 Å². The number of rotatable bonds is 4. The van der Waals surface area contributed by atoms with Crippen molar-refractivity contribution in [2.75, 3.05) is 18.0 Å². The average Bonchev–Trinajstić information content (AvgIpc) is 2.84. The topological polar surface area (TPSA) is 95.7 Å². The highest BCUT2D eigenvalue weighted by Gasteiger charge is 2.28. The van der Waals surface area contributed by atoms with Gasteiger partial charge in [0.2, 0.25) is 5.91 Å². The van der Waals surface area contributed by atoms with Gasteiger partial charge in [-0.05, 0) is 19.8 Å². The number of nitrogens with zero attached hydrogens (tertiary/aromatic N) is 2. The minimum absolute atomic E-state index is 0.0491. The molecular weight excluding hydrogens is 294 g/mol. The summed E-state index contributed by atoms with van der Waals surface area (Å²) in [6, 6.07) is 1.58. The minimum atomic E-state index is -0.709. The zero-order chi connectivity index (χ0) is 15.6. The first kappa shape index (κ1) is 15.7. The van der Waals surface area contributed by atoms with E-state index in [0.29, 0.717) is 23.0 Å². The molecule has 0 aliphatic carbocycles. The van der Waals surface area contributed by atoms with Crippen molar-refractivity contribution >= 4 is 27.9 Å². The number of carbonyl (C=O) groups excluding carboxylic acids is 1. The zero-order valence-corrected chi connectivity index (χ0v) is 12.9. The monoisotopic (exact) mass is 313 g/mol. The molecule has 0 radical (unpaired) electrons. The number of nitro groups is 1. The Labute approximate surface area is 126 Å². The van der Waals surface area contributed by atoms with Crippen LogP contribution in [0.1, 0.15) is 37.7 Å². The Bertz CT molecular complexity index is 536. The zero-order valence-electron chi connectivity index (χ0n) is 12.0. The van der Waals surface area contributed by atoms with Crippen molar-refractivity contribution in [3.05, 3.63) is 21.1 Å². The van der Waals surface area contributed by atoms with Gasteiger partial charge in [0.25, 0.3) is 0 Å². The van der Waals surface area contributed by atoms with Gasteiger partial charge < -0.3 is 15.3 Å². The number of nitrogens with one attached hydrogen (secondary N) is 1. The summed E-state index contributed by atoms with van der Waals surface area (Å²) in [7, 11) is 0. The van der Waals surface area contributed by atoms with E-state index < -0.39 is 11.0 Å². The molecular formula is C13H19N3O4S. The van der Waals surface area contributed by atoms with Gasteiger partial charge in [-0.15, -0.1) is 11.3 Å². The van der Waals surface area contributed by atoms with Crippen LogP contribution >= 0.6 is 11.3 Å². The maximum absolute atomic E-state index is 11.2. The summed E-state index contributed by atoms with van der Waals surface area (Å²) >= 11 is 1.26. The molecule has 0 saturated carbocycles. The normalized spacial score (nSPS) is 17.6. The number of amides is 1. The lowest BCUT2D eigenvalue weighted by molar-refractivity contribution is -0.383. The molecule has 0 bridgehead atoms. The SMILES string of the molecule is CC(=O)NC1CCN(c2sc([C@@H](C)O)cc2[N+](=O)[O-])CC1. The third-order valence-electron chi connectivity index (χ3n) is 3.51. The molecule has 0 spiro atoms. The predicted molar refractivity (Wildman–Crippen MR) is 80.7 cm³/mol. The molecule has 1 saturated heterocycles. The van der Waals surface area contributed by atoms with Crippen LogP contribution in [0.3, 0.4) is 0 Å². The Morgan fingerprint density at radius 3 is 2.67 bits per heavy atom. The number of aliphatic hydroxyl groups excluding tert-OH is 1. The standard InChI is InChI=1S/C13H19N3O4S/c1-8(17)12-7-11(16(19)20)13(21-12)15-5-3-10(4-6-15)14-9(2)18/h7-8,10,17H,3-6H2,1-2H3,(H,14,18)/t8-/m1/s1. The summed E-state index contributed by atoms with van der Waals surface area (Å²) in [6.45, 7) is 4.41. The van der Waals surface area contributed by atoms with Gasteiger partial charge in [-0.1, -0.05) is 0 Å². The average molecular weight is 313 g/mol.